The topological polar surface area (TPSA) is 17.1 Å². The molecule has 1 fully saturated rings. The molecule has 14 heavy (non-hydrogen) atoms. The van der Waals surface area contributed by atoms with Gasteiger partial charge in [0.1, 0.15) is 11.2 Å². The second kappa shape index (κ2) is 3.41. The van der Waals surface area contributed by atoms with E-state index in [4.69, 9.17) is 34.8 Å². The molecule has 1 saturated carbocycles. The van der Waals surface area contributed by atoms with Gasteiger partial charge in [0.05, 0.1) is 0 Å². The fourth-order valence-electron chi connectivity index (χ4n) is 1.56. The summed E-state index contributed by atoms with van der Waals surface area (Å²) in [6.45, 7) is 0. The second-order valence-corrected chi connectivity index (χ2v) is 5.08. The first kappa shape index (κ1) is 10.3. The van der Waals surface area contributed by atoms with E-state index in [2.05, 4.69) is 0 Å². The van der Waals surface area contributed by atoms with Gasteiger partial charge in [-0.25, -0.2) is 0 Å². The molecule has 0 heterocycles. The van der Waals surface area contributed by atoms with Crippen LogP contribution in [0.4, 0.5) is 0 Å². The number of aldehydes is 1. The van der Waals surface area contributed by atoms with Crippen molar-refractivity contribution in [1.82, 2.24) is 0 Å². The normalized spacial score (nSPS) is 30.1. The standard InChI is InChI=1S/C10H7Cl3O/c11-7-1-6(2-8(12)3-7)9-4-10(9,13)5-14/h1-3,5,9H,4H2. The molecular weight excluding hydrogens is 242 g/mol. The zero-order chi connectivity index (χ0) is 10.3. The Morgan fingerprint density at radius 2 is 1.86 bits per heavy atom. The molecule has 1 nitrogen and oxygen atoms in total. The van der Waals surface area contributed by atoms with Crippen LogP contribution in [-0.2, 0) is 4.79 Å². The molecule has 0 aliphatic heterocycles. The van der Waals surface area contributed by atoms with Gasteiger partial charge in [0.25, 0.3) is 0 Å². The highest BCUT2D eigenvalue weighted by Gasteiger charge is 2.53. The maximum absolute atomic E-state index is 10.6. The van der Waals surface area contributed by atoms with Gasteiger partial charge in [0, 0.05) is 16.0 Å². The van der Waals surface area contributed by atoms with Gasteiger partial charge < -0.3 is 4.79 Å². The van der Waals surface area contributed by atoms with E-state index in [0.29, 0.717) is 16.5 Å². The summed E-state index contributed by atoms with van der Waals surface area (Å²) in [5.74, 6) is 0.0536. The molecule has 0 aromatic heterocycles. The van der Waals surface area contributed by atoms with E-state index < -0.39 is 4.87 Å². The fraction of sp³-hybridized carbons (Fsp3) is 0.300. The molecule has 0 spiro atoms. The highest BCUT2D eigenvalue weighted by Crippen LogP contribution is 2.55. The number of hydrogen-bond acceptors (Lipinski definition) is 1. The summed E-state index contributed by atoms with van der Waals surface area (Å²) in [7, 11) is 0. The molecule has 4 heteroatoms. The molecule has 2 atom stereocenters. The first-order valence-electron chi connectivity index (χ1n) is 4.16. The molecule has 2 rings (SSSR count). The van der Waals surface area contributed by atoms with Gasteiger partial charge in [-0.1, -0.05) is 23.2 Å². The average molecular weight is 250 g/mol. The van der Waals surface area contributed by atoms with E-state index in [1.165, 1.54) is 0 Å². The molecule has 0 radical (unpaired) electrons. The van der Waals surface area contributed by atoms with Gasteiger partial charge in [-0.15, -0.1) is 11.6 Å². The quantitative estimate of drug-likeness (QED) is 0.577. The lowest BCUT2D eigenvalue weighted by Gasteiger charge is -2.02. The number of rotatable bonds is 2. The molecule has 0 bridgehead atoms. The van der Waals surface area contributed by atoms with Crippen molar-refractivity contribution < 1.29 is 4.79 Å². The minimum atomic E-state index is -0.728. The molecule has 1 aliphatic carbocycles. The summed E-state index contributed by atoms with van der Waals surface area (Å²) in [6, 6.07) is 5.25. The predicted molar refractivity (Wildman–Crippen MR) is 58.5 cm³/mol. The zero-order valence-electron chi connectivity index (χ0n) is 7.14. The third kappa shape index (κ3) is 1.77. The minimum Gasteiger partial charge on any atom is -0.301 e. The summed E-state index contributed by atoms with van der Waals surface area (Å²) >= 11 is 17.7. The van der Waals surface area contributed by atoms with Crippen molar-refractivity contribution in [3.63, 3.8) is 0 Å². The van der Waals surface area contributed by atoms with Crippen molar-refractivity contribution >= 4 is 41.1 Å². The fourth-order valence-corrected chi connectivity index (χ4v) is 2.38. The summed E-state index contributed by atoms with van der Waals surface area (Å²) in [5, 5.41) is 1.15. The predicted octanol–water partition coefficient (Wildman–Crippen LogP) is 3.66. The maximum atomic E-state index is 10.6. The molecule has 1 aromatic rings. The molecule has 0 N–H and O–H groups in total. The number of halogens is 3. The van der Waals surface area contributed by atoms with Crippen LogP contribution in [-0.4, -0.2) is 11.2 Å². The minimum absolute atomic E-state index is 0.0536. The number of carbonyl (C=O) groups is 1. The SMILES string of the molecule is O=CC1(Cl)CC1c1cc(Cl)cc(Cl)c1. The van der Waals surface area contributed by atoms with Gasteiger partial charge in [0.15, 0.2) is 0 Å². The van der Waals surface area contributed by atoms with Crippen LogP contribution in [0.15, 0.2) is 18.2 Å². The highest BCUT2D eigenvalue weighted by molar-refractivity contribution is 6.36. The molecule has 74 valence electrons. The number of carbonyl (C=O) groups excluding carboxylic acids is 1. The van der Waals surface area contributed by atoms with Crippen molar-refractivity contribution in [3.05, 3.63) is 33.8 Å². The number of hydrogen-bond donors (Lipinski definition) is 0. The van der Waals surface area contributed by atoms with Crippen LogP contribution in [0.5, 0.6) is 0 Å². The van der Waals surface area contributed by atoms with E-state index in [1.807, 2.05) is 0 Å². The van der Waals surface area contributed by atoms with Crippen molar-refractivity contribution in [3.8, 4) is 0 Å². The van der Waals surface area contributed by atoms with Crippen LogP contribution in [0.25, 0.3) is 0 Å². The Morgan fingerprint density at radius 3 is 2.29 bits per heavy atom. The van der Waals surface area contributed by atoms with E-state index in [0.717, 1.165) is 11.8 Å². The Morgan fingerprint density at radius 1 is 1.29 bits per heavy atom. The van der Waals surface area contributed by atoms with Crippen LogP contribution in [0.2, 0.25) is 10.0 Å². The van der Waals surface area contributed by atoms with Crippen LogP contribution in [0.3, 0.4) is 0 Å². The van der Waals surface area contributed by atoms with Crippen LogP contribution < -0.4 is 0 Å². The molecule has 0 saturated heterocycles. The maximum Gasteiger partial charge on any atom is 0.141 e. The van der Waals surface area contributed by atoms with E-state index in [-0.39, 0.29) is 5.92 Å². The van der Waals surface area contributed by atoms with Gasteiger partial charge >= 0.3 is 0 Å². The molecule has 2 unspecified atom stereocenters. The van der Waals surface area contributed by atoms with E-state index >= 15 is 0 Å². The van der Waals surface area contributed by atoms with Crippen molar-refractivity contribution in [2.45, 2.75) is 17.2 Å². The second-order valence-electron chi connectivity index (χ2n) is 3.50. The Kier molecular flexibility index (Phi) is 2.50. The Balaban J connectivity index is 2.31. The lowest BCUT2D eigenvalue weighted by molar-refractivity contribution is -0.108. The first-order chi connectivity index (χ1) is 6.55. The summed E-state index contributed by atoms with van der Waals surface area (Å²) in [6.07, 6.45) is 1.45. The Labute approximate surface area is 97.0 Å². The molecule has 1 aromatic carbocycles. The van der Waals surface area contributed by atoms with Crippen LogP contribution >= 0.6 is 34.8 Å². The molecule has 1 aliphatic rings. The van der Waals surface area contributed by atoms with Crippen LogP contribution in [0, 0.1) is 0 Å². The van der Waals surface area contributed by atoms with Gasteiger partial charge in [-0.2, -0.15) is 0 Å². The number of alkyl halides is 1. The van der Waals surface area contributed by atoms with Crippen molar-refractivity contribution in [1.29, 1.82) is 0 Å². The van der Waals surface area contributed by atoms with E-state index in [1.54, 1.807) is 18.2 Å². The third-order valence-corrected chi connectivity index (χ3v) is 3.36. The number of benzene rings is 1. The monoisotopic (exact) mass is 248 g/mol. The third-order valence-electron chi connectivity index (χ3n) is 2.42. The van der Waals surface area contributed by atoms with Gasteiger partial charge in [-0.3, -0.25) is 0 Å². The Hall–Kier alpha value is -0.240. The largest absolute Gasteiger partial charge is 0.301 e. The Bertz CT molecular complexity index is 371. The van der Waals surface area contributed by atoms with E-state index in [9.17, 15) is 4.79 Å². The average Bonchev–Trinajstić information content (AvgIpc) is 2.78. The lowest BCUT2D eigenvalue weighted by atomic mass is 10.1. The van der Waals surface area contributed by atoms with Crippen LogP contribution in [0.1, 0.15) is 17.9 Å². The summed E-state index contributed by atoms with van der Waals surface area (Å²) < 4.78 is 0. The molecular formula is C10H7Cl3O. The first-order valence-corrected chi connectivity index (χ1v) is 5.30. The summed E-state index contributed by atoms with van der Waals surface area (Å²) in [5.41, 5.74) is 0.935. The highest BCUT2D eigenvalue weighted by atomic mass is 35.5. The molecule has 0 amide bonds. The van der Waals surface area contributed by atoms with Gasteiger partial charge in [0.2, 0.25) is 0 Å². The smallest absolute Gasteiger partial charge is 0.141 e. The van der Waals surface area contributed by atoms with Crippen molar-refractivity contribution in [2.75, 3.05) is 0 Å². The zero-order valence-corrected chi connectivity index (χ0v) is 9.40. The summed E-state index contributed by atoms with van der Waals surface area (Å²) in [4.78, 5) is 9.92. The lowest BCUT2D eigenvalue weighted by Crippen LogP contribution is -2.02. The van der Waals surface area contributed by atoms with Gasteiger partial charge in [-0.05, 0) is 30.2 Å². The van der Waals surface area contributed by atoms with Crippen molar-refractivity contribution in [2.24, 2.45) is 0 Å².